The monoisotopic (exact) mass is 327 g/mol. The molecule has 3 N–H and O–H groups in total. The van der Waals surface area contributed by atoms with Crippen LogP contribution in [0.25, 0.3) is 0 Å². The summed E-state index contributed by atoms with van der Waals surface area (Å²) in [6, 6.07) is 0. The Hall–Kier alpha value is -1.37. The summed E-state index contributed by atoms with van der Waals surface area (Å²) in [6.45, 7) is 4.27. The predicted octanol–water partition coefficient (Wildman–Crippen LogP) is 1.37. The molecule has 6 nitrogen and oxygen atoms in total. The highest BCUT2D eigenvalue weighted by Gasteiger charge is 2.26. The van der Waals surface area contributed by atoms with Crippen molar-refractivity contribution in [1.29, 1.82) is 0 Å². The molecule has 0 saturated carbocycles. The fourth-order valence-electron chi connectivity index (χ4n) is 2.22. The summed E-state index contributed by atoms with van der Waals surface area (Å²) in [7, 11) is 0. The molecule has 0 aliphatic carbocycles. The Bertz CT molecular complexity index is 467. The van der Waals surface area contributed by atoms with E-state index < -0.39 is 0 Å². The molecule has 2 rings (SSSR count). The Labute approximate surface area is 120 Å². The molecule has 104 valence electrons. The highest BCUT2D eigenvalue weighted by atomic mass is 79.9. The van der Waals surface area contributed by atoms with Crippen LogP contribution >= 0.6 is 15.9 Å². The number of nitrogens with two attached hydrogens (primary N) is 1. The van der Waals surface area contributed by atoms with Crippen LogP contribution in [-0.2, 0) is 4.79 Å². The van der Waals surface area contributed by atoms with Gasteiger partial charge >= 0.3 is 0 Å². The van der Waals surface area contributed by atoms with Gasteiger partial charge in [0, 0.05) is 25.8 Å². The van der Waals surface area contributed by atoms with Gasteiger partial charge < -0.3 is 16.0 Å². The van der Waals surface area contributed by atoms with Crippen molar-refractivity contribution in [3.63, 3.8) is 0 Å². The number of carbonyl (C=O) groups excluding carboxylic acids is 1. The van der Waals surface area contributed by atoms with E-state index in [0.29, 0.717) is 12.5 Å². The van der Waals surface area contributed by atoms with E-state index in [1.807, 2.05) is 6.92 Å². The first kappa shape index (κ1) is 14.0. The quantitative estimate of drug-likeness (QED) is 0.872. The molecule has 1 saturated heterocycles. The van der Waals surface area contributed by atoms with Crippen LogP contribution < -0.4 is 16.0 Å². The number of carbonyl (C=O) groups is 1. The zero-order valence-electron chi connectivity index (χ0n) is 10.9. The molecular weight excluding hydrogens is 310 g/mol. The molecule has 7 heteroatoms. The van der Waals surface area contributed by atoms with Crippen LogP contribution in [0.1, 0.15) is 19.8 Å². The number of anilines is 2. The van der Waals surface area contributed by atoms with Gasteiger partial charge in [-0.2, -0.15) is 4.98 Å². The van der Waals surface area contributed by atoms with Crippen LogP contribution in [0.5, 0.6) is 0 Å². The van der Waals surface area contributed by atoms with Crippen molar-refractivity contribution in [3.05, 3.63) is 10.7 Å². The van der Waals surface area contributed by atoms with Gasteiger partial charge in [0.2, 0.25) is 11.9 Å². The summed E-state index contributed by atoms with van der Waals surface area (Å²) in [5.74, 6) is 1.08. The largest absolute Gasteiger partial charge is 0.369 e. The number of nitrogens with one attached hydrogen (secondary N) is 1. The topological polar surface area (TPSA) is 84.1 Å². The van der Waals surface area contributed by atoms with Crippen molar-refractivity contribution in [2.45, 2.75) is 19.8 Å². The number of hydrogen-bond donors (Lipinski definition) is 2. The molecule has 1 atom stereocenters. The Kier molecular flexibility index (Phi) is 4.57. The maximum Gasteiger partial charge on any atom is 0.224 e. The van der Waals surface area contributed by atoms with Crippen molar-refractivity contribution < 1.29 is 4.79 Å². The molecule has 0 radical (unpaired) electrons. The molecule has 1 aromatic rings. The maximum atomic E-state index is 11.3. The second-order valence-electron chi connectivity index (χ2n) is 4.58. The fraction of sp³-hybridized carbons (Fsp3) is 0.583. The number of rotatable bonds is 4. The lowest BCUT2D eigenvalue weighted by Gasteiger charge is -2.32. The summed E-state index contributed by atoms with van der Waals surface area (Å²) in [5, 5.41) is 3.09. The maximum absolute atomic E-state index is 11.3. The summed E-state index contributed by atoms with van der Waals surface area (Å²) in [4.78, 5) is 22.1. The number of hydrogen-bond acceptors (Lipinski definition) is 5. The molecule has 1 unspecified atom stereocenters. The minimum Gasteiger partial charge on any atom is -0.369 e. The van der Waals surface area contributed by atoms with Gasteiger partial charge in [-0.15, -0.1) is 0 Å². The molecule has 0 bridgehead atoms. The van der Waals surface area contributed by atoms with Crippen LogP contribution in [0, 0.1) is 5.92 Å². The third kappa shape index (κ3) is 3.34. The van der Waals surface area contributed by atoms with Crippen molar-refractivity contribution in [3.8, 4) is 0 Å². The van der Waals surface area contributed by atoms with E-state index in [0.717, 1.165) is 36.2 Å². The van der Waals surface area contributed by atoms with Gasteiger partial charge in [0.05, 0.1) is 10.4 Å². The number of piperidine rings is 1. The van der Waals surface area contributed by atoms with Crippen molar-refractivity contribution in [1.82, 2.24) is 9.97 Å². The molecule has 1 aliphatic rings. The van der Waals surface area contributed by atoms with Crippen molar-refractivity contribution in [2.75, 3.05) is 29.9 Å². The Morgan fingerprint density at radius 2 is 2.47 bits per heavy atom. The van der Waals surface area contributed by atoms with E-state index in [9.17, 15) is 4.79 Å². The molecule has 0 spiro atoms. The van der Waals surface area contributed by atoms with Gasteiger partial charge in [-0.1, -0.05) is 0 Å². The van der Waals surface area contributed by atoms with E-state index in [1.165, 1.54) is 0 Å². The number of halogens is 1. The molecule has 1 amide bonds. The van der Waals surface area contributed by atoms with E-state index in [-0.39, 0.29) is 11.8 Å². The normalized spacial score (nSPS) is 19.3. The SMILES string of the molecule is CCNc1ncc(Br)c(N2CCCC(C(N)=O)C2)n1. The number of aromatic nitrogens is 2. The van der Waals surface area contributed by atoms with Crippen LogP contribution in [-0.4, -0.2) is 35.5 Å². The van der Waals surface area contributed by atoms with Gasteiger partial charge in [-0.3, -0.25) is 4.79 Å². The summed E-state index contributed by atoms with van der Waals surface area (Å²) in [6.07, 6.45) is 3.53. The molecule has 2 heterocycles. The summed E-state index contributed by atoms with van der Waals surface area (Å²) < 4.78 is 0.833. The van der Waals surface area contributed by atoms with E-state index in [2.05, 4.69) is 36.1 Å². The van der Waals surface area contributed by atoms with Gasteiger partial charge in [0.1, 0.15) is 5.82 Å². The van der Waals surface area contributed by atoms with Gasteiger partial charge in [0.15, 0.2) is 0 Å². The molecule has 1 fully saturated rings. The lowest BCUT2D eigenvalue weighted by Crippen LogP contribution is -2.41. The van der Waals surface area contributed by atoms with Crippen LogP contribution in [0.4, 0.5) is 11.8 Å². The lowest BCUT2D eigenvalue weighted by molar-refractivity contribution is -0.122. The van der Waals surface area contributed by atoms with E-state index in [4.69, 9.17) is 5.73 Å². The van der Waals surface area contributed by atoms with Gasteiger partial charge in [-0.05, 0) is 35.7 Å². The number of amides is 1. The van der Waals surface area contributed by atoms with Crippen LogP contribution in [0.3, 0.4) is 0 Å². The minimum atomic E-state index is -0.234. The molecule has 0 aromatic carbocycles. The third-order valence-corrected chi connectivity index (χ3v) is 3.74. The summed E-state index contributed by atoms with van der Waals surface area (Å²) >= 11 is 3.46. The summed E-state index contributed by atoms with van der Waals surface area (Å²) in [5.41, 5.74) is 5.40. The molecular formula is C12H18BrN5O. The first-order valence-corrected chi connectivity index (χ1v) is 7.21. The van der Waals surface area contributed by atoms with Gasteiger partial charge in [-0.25, -0.2) is 4.98 Å². The lowest BCUT2D eigenvalue weighted by atomic mass is 9.97. The average Bonchev–Trinajstić information content (AvgIpc) is 2.41. The molecule has 19 heavy (non-hydrogen) atoms. The first-order chi connectivity index (χ1) is 9.11. The smallest absolute Gasteiger partial charge is 0.224 e. The first-order valence-electron chi connectivity index (χ1n) is 6.42. The molecule has 1 aromatic heterocycles. The number of nitrogens with zero attached hydrogens (tertiary/aromatic N) is 3. The van der Waals surface area contributed by atoms with Crippen molar-refractivity contribution >= 4 is 33.6 Å². The van der Waals surface area contributed by atoms with Crippen LogP contribution in [0.15, 0.2) is 10.7 Å². The third-order valence-electron chi connectivity index (χ3n) is 3.18. The zero-order valence-corrected chi connectivity index (χ0v) is 12.5. The van der Waals surface area contributed by atoms with E-state index in [1.54, 1.807) is 6.20 Å². The minimum absolute atomic E-state index is 0.0989. The van der Waals surface area contributed by atoms with Gasteiger partial charge in [0.25, 0.3) is 0 Å². The second kappa shape index (κ2) is 6.18. The highest BCUT2D eigenvalue weighted by Crippen LogP contribution is 2.28. The predicted molar refractivity (Wildman–Crippen MR) is 78.0 cm³/mol. The Balaban J connectivity index is 2.20. The van der Waals surface area contributed by atoms with E-state index >= 15 is 0 Å². The Morgan fingerprint density at radius 1 is 1.68 bits per heavy atom. The number of primary amides is 1. The highest BCUT2D eigenvalue weighted by molar-refractivity contribution is 9.10. The fourth-order valence-corrected chi connectivity index (χ4v) is 2.67. The second-order valence-corrected chi connectivity index (χ2v) is 5.44. The van der Waals surface area contributed by atoms with Crippen molar-refractivity contribution in [2.24, 2.45) is 11.7 Å². The zero-order chi connectivity index (χ0) is 13.8. The van der Waals surface area contributed by atoms with Crippen LogP contribution in [0.2, 0.25) is 0 Å². The average molecular weight is 328 g/mol. The Morgan fingerprint density at radius 3 is 3.16 bits per heavy atom. The standard InChI is InChI=1S/C12H18BrN5O/c1-2-15-12-16-6-9(13)11(17-12)18-5-3-4-8(7-18)10(14)19/h6,8H,2-5,7H2,1H3,(H2,14,19)(H,15,16,17). The molecule has 1 aliphatic heterocycles.